The Morgan fingerprint density at radius 3 is 2.91 bits per heavy atom. The van der Waals surface area contributed by atoms with Crippen molar-refractivity contribution in [1.82, 2.24) is 14.9 Å². The summed E-state index contributed by atoms with van der Waals surface area (Å²) in [6.07, 6.45) is 3.98. The Labute approximate surface area is 136 Å². The summed E-state index contributed by atoms with van der Waals surface area (Å²) in [7, 11) is 3.87. The van der Waals surface area contributed by atoms with Gasteiger partial charge in [-0.2, -0.15) is 4.98 Å². The van der Waals surface area contributed by atoms with Crippen LogP contribution in [0.2, 0.25) is 0 Å². The molecule has 1 aliphatic carbocycles. The van der Waals surface area contributed by atoms with Crippen LogP contribution in [0, 0.1) is 5.92 Å². The van der Waals surface area contributed by atoms with Crippen LogP contribution in [-0.4, -0.2) is 73.3 Å². The van der Waals surface area contributed by atoms with E-state index in [9.17, 15) is 4.79 Å². The third-order valence-electron chi connectivity index (χ3n) is 4.86. The molecule has 1 amide bonds. The van der Waals surface area contributed by atoms with Gasteiger partial charge in [-0.25, -0.2) is 4.98 Å². The van der Waals surface area contributed by atoms with E-state index in [0.29, 0.717) is 25.0 Å². The van der Waals surface area contributed by atoms with Gasteiger partial charge in [0.05, 0.1) is 18.8 Å². The van der Waals surface area contributed by atoms with Crippen molar-refractivity contribution in [2.45, 2.75) is 25.0 Å². The second-order valence-electron chi connectivity index (χ2n) is 6.80. The van der Waals surface area contributed by atoms with Crippen molar-refractivity contribution in [3.8, 4) is 0 Å². The standard InChI is InChI=1S/C16H23N5O2/c1-19(2)16-17-6-5-14(18-16)21-7-8-23-13-10-20(9-12(13)21)15(22)11-3-4-11/h5-6,11-13H,3-4,7-10H2,1-2H3/t12-,13+/m1/s1. The molecule has 2 saturated heterocycles. The maximum atomic E-state index is 12.4. The molecule has 1 saturated carbocycles. The van der Waals surface area contributed by atoms with Crippen molar-refractivity contribution < 1.29 is 9.53 Å². The minimum atomic E-state index is 0.0872. The first-order chi connectivity index (χ1) is 11.1. The molecule has 2 aliphatic heterocycles. The van der Waals surface area contributed by atoms with Gasteiger partial charge in [0.1, 0.15) is 5.82 Å². The van der Waals surface area contributed by atoms with Crippen LogP contribution in [0.5, 0.6) is 0 Å². The first-order valence-corrected chi connectivity index (χ1v) is 8.31. The highest BCUT2D eigenvalue weighted by molar-refractivity contribution is 5.81. The van der Waals surface area contributed by atoms with Gasteiger partial charge in [-0.3, -0.25) is 4.79 Å². The second-order valence-corrected chi connectivity index (χ2v) is 6.80. The Hall–Kier alpha value is -1.89. The van der Waals surface area contributed by atoms with Crippen molar-refractivity contribution in [2.75, 3.05) is 50.1 Å². The lowest BCUT2D eigenvalue weighted by molar-refractivity contribution is -0.131. The molecule has 0 unspecified atom stereocenters. The average molecular weight is 317 g/mol. The number of anilines is 2. The molecule has 2 atom stereocenters. The van der Waals surface area contributed by atoms with Crippen LogP contribution in [0.25, 0.3) is 0 Å². The third-order valence-corrected chi connectivity index (χ3v) is 4.86. The highest BCUT2D eigenvalue weighted by Crippen LogP contribution is 2.34. The van der Waals surface area contributed by atoms with Gasteiger partial charge in [-0.15, -0.1) is 0 Å². The van der Waals surface area contributed by atoms with E-state index in [2.05, 4.69) is 14.9 Å². The number of amides is 1. The van der Waals surface area contributed by atoms with Gasteiger partial charge < -0.3 is 19.4 Å². The van der Waals surface area contributed by atoms with Crippen molar-refractivity contribution in [3.05, 3.63) is 12.3 Å². The Morgan fingerprint density at radius 2 is 2.17 bits per heavy atom. The van der Waals surface area contributed by atoms with E-state index in [1.165, 1.54) is 0 Å². The van der Waals surface area contributed by atoms with E-state index < -0.39 is 0 Å². The summed E-state index contributed by atoms with van der Waals surface area (Å²) in [5.41, 5.74) is 0. The van der Waals surface area contributed by atoms with Crippen LogP contribution in [0.1, 0.15) is 12.8 Å². The van der Waals surface area contributed by atoms with Crippen molar-refractivity contribution in [2.24, 2.45) is 5.92 Å². The molecule has 3 fully saturated rings. The Balaban J connectivity index is 1.55. The molecule has 124 valence electrons. The molecule has 0 N–H and O–H groups in total. The molecular formula is C16H23N5O2. The number of carbonyl (C=O) groups excluding carboxylic acids is 1. The largest absolute Gasteiger partial charge is 0.372 e. The molecule has 4 rings (SSSR count). The highest BCUT2D eigenvalue weighted by atomic mass is 16.5. The molecule has 1 aromatic heterocycles. The highest BCUT2D eigenvalue weighted by Gasteiger charge is 2.45. The molecule has 23 heavy (non-hydrogen) atoms. The molecule has 3 heterocycles. The predicted molar refractivity (Wildman–Crippen MR) is 86.5 cm³/mol. The summed E-state index contributed by atoms with van der Waals surface area (Å²) in [6, 6.07) is 2.14. The smallest absolute Gasteiger partial charge is 0.226 e. The van der Waals surface area contributed by atoms with Crippen LogP contribution in [-0.2, 0) is 9.53 Å². The van der Waals surface area contributed by atoms with E-state index >= 15 is 0 Å². The molecule has 0 aromatic carbocycles. The third kappa shape index (κ3) is 2.73. The summed E-state index contributed by atoms with van der Waals surface area (Å²) in [4.78, 5) is 27.5. The van der Waals surface area contributed by atoms with E-state index in [1.54, 1.807) is 6.20 Å². The second kappa shape index (κ2) is 5.63. The molecule has 7 nitrogen and oxygen atoms in total. The van der Waals surface area contributed by atoms with Gasteiger partial charge in [-0.1, -0.05) is 0 Å². The normalized spacial score (nSPS) is 27.0. The van der Waals surface area contributed by atoms with Crippen molar-refractivity contribution in [1.29, 1.82) is 0 Å². The first kappa shape index (κ1) is 14.7. The predicted octanol–water partition coefficient (Wildman–Crippen LogP) is 0.369. The van der Waals surface area contributed by atoms with Gasteiger partial charge in [0.25, 0.3) is 0 Å². The fraction of sp³-hybridized carbons (Fsp3) is 0.688. The number of aromatic nitrogens is 2. The number of nitrogens with zero attached hydrogens (tertiary/aromatic N) is 5. The van der Waals surface area contributed by atoms with Gasteiger partial charge in [0.15, 0.2) is 0 Å². The quantitative estimate of drug-likeness (QED) is 0.803. The van der Waals surface area contributed by atoms with Crippen LogP contribution < -0.4 is 9.80 Å². The van der Waals surface area contributed by atoms with E-state index in [0.717, 1.165) is 31.7 Å². The first-order valence-electron chi connectivity index (χ1n) is 8.31. The van der Waals surface area contributed by atoms with Crippen LogP contribution in [0.15, 0.2) is 12.3 Å². The van der Waals surface area contributed by atoms with Gasteiger partial charge in [0, 0.05) is 45.8 Å². The van der Waals surface area contributed by atoms with E-state index in [4.69, 9.17) is 4.74 Å². The Bertz CT molecular complexity index is 604. The number of carbonyl (C=O) groups is 1. The number of fused-ring (bicyclic) bond motifs is 1. The van der Waals surface area contributed by atoms with Crippen LogP contribution in [0.3, 0.4) is 0 Å². The average Bonchev–Trinajstić information content (AvgIpc) is 3.32. The van der Waals surface area contributed by atoms with Crippen molar-refractivity contribution >= 4 is 17.7 Å². The fourth-order valence-electron chi connectivity index (χ4n) is 3.46. The topological polar surface area (TPSA) is 61.8 Å². The minimum absolute atomic E-state index is 0.0872. The molecule has 0 spiro atoms. The number of rotatable bonds is 3. The molecular weight excluding hydrogens is 294 g/mol. The Kier molecular flexibility index (Phi) is 3.60. The SMILES string of the molecule is CN(C)c1nccc(N2CCO[C@H]3CN(C(=O)C4CC4)C[C@H]32)n1. The number of likely N-dealkylation sites (tertiary alicyclic amines) is 1. The summed E-state index contributed by atoms with van der Waals surface area (Å²) in [5.74, 6) is 2.19. The lowest BCUT2D eigenvalue weighted by Crippen LogP contribution is -2.51. The van der Waals surface area contributed by atoms with Gasteiger partial charge >= 0.3 is 0 Å². The maximum Gasteiger partial charge on any atom is 0.226 e. The number of ether oxygens (including phenoxy) is 1. The summed E-state index contributed by atoms with van der Waals surface area (Å²) >= 11 is 0. The van der Waals surface area contributed by atoms with Crippen LogP contribution >= 0.6 is 0 Å². The zero-order chi connectivity index (χ0) is 16.0. The Morgan fingerprint density at radius 1 is 1.35 bits per heavy atom. The molecule has 1 aromatic rings. The summed E-state index contributed by atoms with van der Waals surface area (Å²) < 4.78 is 5.92. The van der Waals surface area contributed by atoms with Gasteiger partial charge in [-0.05, 0) is 18.9 Å². The van der Waals surface area contributed by atoms with Crippen LogP contribution in [0.4, 0.5) is 11.8 Å². The monoisotopic (exact) mass is 317 g/mol. The summed E-state index contributed by atoms with van der Waals surface area (Å²) in [6.45, 7) is 2.92. The molecule has 0 radical (unpaired) electrons. The van der Waals surface area contributed by atoms with Crippen molar-refractivity contribution in [3.63, 3.8) is 0 Å². The lowest BCUT2D eigenvalue weighted by Gasteiger charge is -2.37. The zero-order valence-electron chi connectivity index (χ0n) is 13.7. The molecule has 3 aliphatic rings. The number of hydrogen-bond acceptors (Lipinski definition) is 6. The molecule has 0 bridgehead atoms. The lowest BCUT2D eigenvalue weighted by atomic mass is 10.1. The summed E-state index contributed by atoms with van der Waals surface area (Å²) in [5, 5.41) is 0. The minimum Gasteiger partial charge on any atom is -0.372 e. The number of morpholine rings is 1. The zero-order valence-corrected chi connectivity index (χ0v) is 13.7. The van der Waals surface area contributed by atoms with Gasteiger partial charge in [0.2, 0.25) is 11.9 Å². The molecule has 7 heteroatoms. The van der Waals surface area contributed by atoms with E-state index in [-0.39, 0.29) is 18.1 Å². The maximum absolute atomic E-state index is 12.4. The van der Waals surface area contributed by atoms with E-state index in [1.807, 2.05) is 30.0 Å². The number of hydrogen-bond donors (Lipinski definition) is 0. The fourth-order valence-corrected chi connectivity index (χ4v) is 3.46.